The summed E-state index contributed by atoms with van der Waals surface area (Å²) in [6, 6.07) is 16.5. The van der Waals surface area contributed by atoms with Crippen LogP contribution in [0.5, 0.6) is 0 Å². The Kier molecular flexibility index (Phi) is 14.2. The number of ether oxygens (including phenoxy) is 2. The summed E-state index contributed by atoms with van der Waals surface area (Å²) >= 11 is 0. The highest BCUT2D eigenvalue weighted by Crippen LogP contribution is 2.31. The minimum atomic E-state index is -1.28. The van der Waals surface area contributed by atoms with Gasteiger partial charge >= 0.3 is 0 Å². The zero-order valence-corrected chi connectivity index (χ0v) is 31.5. The van der Waals surface area contributed by atoms with E-state index in [0.29, 0.717) is 77.9 Å². The minimum Gasteiger partial charge on any atom is -0.379 e. The van der Waals surface area contributed by atoms with Crippen molar-refractivity contribution in [3.05, 3.63) is 71.8 Å². The molecule has 2 aromatic carbocycles. The van der Waals surface area contributed by atoms with Crippen molar-refractivity contribution in [1.29, 1.82) is 0 Å². The van der Waals surface area contributed by atoms with Gasteiger partial charge in [-0.15, -0.1) is 0 Å². The molecule has 288 valence electrons. The molecular weight excluding hydrogens is 674 g/mol. The number of hydrogen-bond donors (Lipinski definition) is 4. The van der Waals surface area contributed by atoms with Crippen molar-refractivity contribution in [1.82, 2.24) is 26.2 Å². The molecule has 0 spiro atoms. The van der Waals surface area contributed by atoms with Crippen LogP contribution in [0.2, 0.25) is 0 Å². The Balaban J connectivity index is 1.35. The van der Waals surface area contributed by atoms with E-state index in [-0.39, 0.29) is 30.6 Å². The molecule has 2 heterocycles. The lowest BCUT2D eigenvalue weighted by Gasteiger charge is -2.39. The van der Waals surface area contributed by atoms with E-state index in [1.165, 1.54) is 0 Å². The van der Waals surface area contributed by atoms with Crippen LogP contribution in [-0.2, 0) is 46.3 Å². The number of nitrogens with zero attached hydrogens (tertiary/aromatic N) is 1. The number of morpholine rings is 1. The van der Waals surface area contributed by atoms with Crippen LogP contribution in [0.15, 0.2) is 60.7 Å². The van der Waals surface area contributed by atoms with E-state index in [9.17, 15) is 24.0 Å². The Hall–Kier alpha value is -4.13. The first-order valence-corrected chi connectivity index (χ1v) is 19.3. The molecule has 4 atom stereocenters. The van der Waals surface area contributed by atoms with Gasteiger partial charge in [0.15, 0.2) is 5.78 Å². The molecule has 0 unspecified atom stereocenters. The Morgan fingerprint density at radius 1 is 0.774 bits per heavy atom. The molecule has 2 saturated heterocycles. The van der Waals surface area contributed by atoms with Crippen LogP contribution >= 0.6 is 0 Å². The maximum atomic E-state index is 14.5. The second kappa shape index (κ2) is 18.8. The average molecular weight is 732 g/mol. The molecule has 2 aliphatic heterocycles. The molecule has 0 radical (unpaired) electrons. The molecule has 53 heavy (non-hydrogen) atoms. The third-order valence-corrected chi connectivity index (χ3v) is 10.5. The smallest absolute Gasteiger partial charge is 0.246 e. The zero-order valence-electron chi connectivity index (χ0n) is 31.5. The monoisotopic (exact) mass is 731 g/mol. The molecule has 5 rings (SSSR count). The van der Waals surface area contributed by atoms with E-state index < -0.39 is 47.0 Å². The number of carbonyl (C=O) groups is 5. The number of aryl methyl sites for hydroxylation is 1. The first kappa shape index (κ1) is 40.1. The molecule has 3 aliphatic rings. The van der Waals surface area contributed by atoms with Crippen molar-refractivity contribution in [3.63, 3.8) is 0 Å². The number of ketones is 1. The van der Waals surface area contributed by atoms with Crippen molar-refractivity contribution in [2.75, 3.05) is 39.5 Å². The Morgan fingerprint density at radius 2 is 1.40 bits per heavy atom. The van der Waals surface area contributed by atoms with Crippen molar-refractivity contribution in [3.8, 4) is 0 Å². The van der Waals surface area contributed by atoms with Crippen molar-refractivity contribution < 1.29 is 33.4 Å². The molecule has 4 amide bonds. The fourth-order valence-electron chi connectivity index (χ4n) is 7.26. The van der Waals surface area contributed by atoms with Crippen LogP contribution in [0.25, 0.3) is 0 Å². The van der Waals surface area contributed by atoms with Gasteiger partial charge in [-0.25, -0.2) is 0 Å². The van der Waals surface area contributed by atoms with E-state index in [4.69, 9.17) is 9.47 Å². The molecule has 0 aromatic heterocycles. The van der Waals surface area contributed by atoms with E-state index in [2.05, 4.69) is 21.3 Å². The first-order chi connectivity index (χ1) is 25.5. The fourth-order valence-corrected chi connectivity index (χ4v) is 7.26. The van der Waals surface area contributed by atoms with Gasteiger partial charge in [0.2, 0.25) is 23.6 Å². The van der Waals surface area contributed by atoms with Crippen LogP contribution in [0.3, 0.4) is 0 Å². The second-order valence-electron chi connectivity index (χ2n) is 15.5. The van der Waals surface area contributed by atoms with Crippen molar-refractivity contribution in [2.24, 2.45) is 5.92 Å². The van der Waals surface area contributed by atoms with Crippen molar-refractivity contribution in [2.45, 2.75) is 108 Å². The van der Waals surface area contributed by atoms with Gasteiger partial charge < -0.3 is 30.7 Å². The molecule has 4 N–H and O–H groups in total. The largest absolute Gasteiger partial charge is 0.379 e. The van der Waals surface area contributed by atoms with Crippen LogP contribution in [-0.4, -0.2) is 103 Å². The van der Waals surface area contributed by atoms with Crippen LogP contribution < -0.4 is 21.3 Å². The Labute approximate surface area is 313 Å². The molecule has 1 saturated carbocycles. The molecule has 12 heteroatoms. The van der Waals surface area contributed by atoms with Gasteiger partial charge in [-0.05, 0) is 56.1 Å². The highest BCUT2D eigenvalue weighted by atomic mass is 16.6. The summed E-state index contributed by atoms with van der Waals surface area (Å²) in [5.74, 6) is -1.68. The number of hydrogen-bond acceptors (Lipinski definition) is 8. The number of benzene rings is 2. The number of epoxide rings is 1. The number of nitrogens with one attached hydrogen (secondary N) is 4. The summed E-state index contributed by atoms with van der Waals surface area (Å²) < 4.78 is 10.9. The van der Waals surface area contributed by atoms with E-state index in [1.54, 1.807) is 6.92 Å². The summed E-state index contributed by atoms with van der Waals surface area (Å²) in [4.78, 5) is 71.5. The Morgan fingerprint density at radius 3 is 2.00 bits per heavy atom. The summed E-state index contributed by atoms with van der Waals surface area (Å²) in [5, 5.41) is 12.0. The fraction of sp³-hybridized carbons (Fsp3) is 0.585. The number of rotatable bonds is 18. The summed E-state index contributed by atoms with van der Waals surface area (Å²) in [6.45, 7) is 8.52. The molecule has 12 nitrogen and oxygen atoms in total. The van der Waals surface area contributed by atoms with Crippen LogP contribution in [0.1, 0.15) is 76.8 Å². The maximum absolute atomic E-state index is 14.5. The normalized spacial score (nSPS) is 21.4. The predicted octanol–water partition coefficient (Wildman–Crippen LogP) is 2.87. The average Bonchev–Trinajstić information content (AvgIpc) is 3.91. The number of amides is 4. The highest BCUT2D eigenvalue weighted by molar-refractivity contribution is 5.99. The van der Waals surface area contributed by atoms with E-state index in [0.717, 1.165) is 17.5 Å². The molecule has 0 bridgehead atoms. The number of carbonyl (C=O) groups excluding carboxylic acids is 5. The summed E-state index contributed by atoms with van der Waals surface area (Å²) in [6.07, 6.45) is 4.63. The lowest BCUT2D eigenvalue weighted by Crippen LogP contribution is -2.65. The van der Waals surface area contributed by atoms with Crippen LogP contribution in [0.4, 0.5) is 0 Å². The van der Waals surface area contributed by atoms with Gasteiger partial charge in [0, 0.05) is 19.5 Å². The lowest BCUT2D eigenvalue weighted by molar-refractivity contribution is -0.139. The van der Waals surface area contributed by atoms with Gasteiger partial charge in [-0.3, -0.25) is 28.9 Å². The van der Waals surface area contributed by atoms with E-state index >= 15 is 0 Å². The zero-order chi connectivity index (χ0) is 37.8. The highest BCUT2D eigenvalue weighted by Gasteiger charge is 2.50. The molecular formula is C41H57N5O7. The van der Waals surface area contributed by atoms with Crippen LogP contribution in [0, 0.1) is 5.92 Å². The lowest BCUT2D eigenvalue weighted by atomic mass is 9.80. The van der Waals surface area contributed by atoms with Gasteiger partial charge in [-0.2, -0.15) is 0 Å². The SMILES string of the molecule is CC(C)C[C@H](NC(=O)[C@H](Cc1ccccc1)NC(=O)C1(NC(=O)[C@H](CCc2ccccc2)NC(=O)CN2CCOCC2)CCCCC1)C(=O)[C@@]1(C)CO1. The topological polar surface area (TPSA) is 158 Å². The quantitative estimate of drug-likeness (QED) is 0.171. The third kappa shape index (κ3) is 11.7. The summed E-state index contributed by atoms with van der Waals surface area (Å²) in [5.41, 5.74) is -0.338. The predicted molar refractivity (Wildman–Crippen MR) is 201 cm³/mol. The Bertz CT molecular complexity index is 1540. The third-order valence-electron chi connectivity index (χ3n) is 10.5. The van der Waals surface area contributed by atoms with Gasteiger partial charge in [0.25, 0.3) is 0 Å². The molecule has 1 aliphatic carbocycles. The second-order valence-corrected chi connectivity index (χ2v) is 15.5. The minimum absolute atomic E-state index is 0.124. The first-order valence-electron chi connectivity index (χ1n) is 19.3. The standard InChI is InChI=1S/C41H57N5O7/c1-29(2)25-33(36(48)40(3)28-53-40)43-37(49)34(26-31-15-9-5-10-16-31)44-39(51)41(19-11-6-12-20-41)45-38(50)32(18-17-30-13-7-4-8-14-30)42-35(47)27-46-21-23-52-24-22-46/h4-5,7-10,13-16,29,32-34H,6,11-12,17-28H2,1-3H3,(H,42,47)(H,43,49)(H,44,51)(H,45,50)/t32-,33-,34-,40+/m0/s1. The van der Waals surface area contributed by atoms with Gasteiger partial charge in [0.1, 0.15) is 23.2 Å². The van der Waals surface area contributed by atoms with E-state index in [1.807, 2.05) is 79.4 Å². The van der Waals surface area contributed by atoms with Gasteiger partial charge in [0.05, 0.1) is 32.4 Å². The summed E-state index contributed by atoms with van der Waals surface area (Å²) in [7, 11) is 0. The number of Topliss-reactive ketones (excluding diaryl/α,β-unsaturated/α-hetero) is 1. The molecule has 3 fully saturated rings. The molecule has 2 aromatic rings. The maximum Gasteiger partial charge on any atom is 0.246 e. The van der Waals surface area contributed by atoms with Gasteiger partial charge in [-0.1, -0.05) is 93.8 Å². The van der Waals surface area contributed by atoms with Crippen molar-refractivity contribution >= 4 is 29.4 Å².